The monoisotopic (exact) mass is 302 g/mol. The highest BCUT2D eigenvalue weighted by Crippen LogP contribution is 2.33. The van der Waals surface area contributed by atoms with Crippen molar-refractivity contribution in [3.05, 3.63) is 35.1 Å². The maximum Gasteiger partial charge on any atom is 0.258 e. The number of imidazole rings is 1. The minimum atomic E-state index is -1.18. The highest BCUT2D eigenvalue weighted by molar-refractivity contribution is 5.92. The first-order valence-electron chi connectivity index (χ1n) is 6.94. The van der Waals surface area contributed by atoms with Gasteiger partial charge in [0.2, 0.25) is 0 Å². The third-order valence-corrected chi connectivity index (χ3v) is 4.31. The summed E-state index contributed by atoms with van der Waals surface area (Å²) in [5.74, 6) is 0. The fraction of sp³-hybridized carbons (Fsp3) is 0.357. The summed E-state index contributed by atoms with van der Waals surface area (Å²) in [5, 5.41) is 30.0. The molecular weight excluding hydrogens is 288 g/mol. The molecule has 0 amide bonds. The van der Waals surface area contributed by atoms with Gasteiger partial charge in [-0.25, -0.2) is 9.97 Å². The van der Waals surface area contributed by atoms with Gasteiger partial charge >= 0.3 is 0 Å². The van der Waals surface area contributed by atoms with Crippen molar-refractivity contribution in [2.45, 2.75) is 30.8 Å². The number of benzene rings is 1. The van der Waals surface area contributed by atoms with Crippen LogP contribution in [0.4, 0.5) is 0 Å². The van der Waals surface area contributed by atoms with Crippen LogP contribution in [0.15, 0.2) is 29.6 Å². The Morgan fingerprint density at radius 2 is 1.95 bits per heavy atom. The van der Waals surface area contributed by atoms with Crippen LogP contribution in [-0.2, 0) is 0 Å². The fourth-order valence-electron chi connectivity index (χ4n) is 3.11. The molecule has 2 heterocycles. The molecule has 0 spiro atoms. The van der Waals surface area contributed by atoms with Crippen LogP contribution >= 0.6 is 0 Å². The molecule has 0 radical (unpaired) electrons. The molecule has 1 aromatic carbocycles. The van der Waals surface area contributed by atoms with Gasteiger partial charge in [-0.15, -0.1) is 0 Å². The molecule has 4 atom stereocenters. The van der Waals surface area contributed by atoms with E-state index in [-0.39, 0.29) is 12.0 Å². The van der Waals surface area contributed by atoms with Gasteiger partial charge in [-0.05, 0) is 18.6 Å². The smallest absolute Gasteiger partial charge is 0.258 e. The van der Waals surface area contributed by atoms with E-state index in [1.807, 2.05) is 0 Å². The fourth-order valence-corrected chi connectivity index (χ4v) is 3.11. The highest BCUT2D eigenvalue weighted by atomic mass is 16.4. The summed E-state index contributed by atoms with van der Waals surface area (Å²) in [6.45, 7) is 0. The van der Waals surface area contributed by atoms with E-state index in [2.05, 4.69) is 15.0 Å². The van der Waals surface area contributed by atoms with Crippen molar-refractivity contribution >= 4 is 21.9 Å². The molecule has 1 aliphatic carbocycles. The molecular formula is C14H14N4O4. The number of aliphatic hydroxyl groups is 3. The van der Waals surface area contributed by atoms with E-state index in [1.165, 1.54) is 12.7 Å². The van der Waals surface area contributed by atoms with Gasteiger partial charge in [-0.2, -0.15) is 0 Å². The highest BCUT2D eigenvalue weighted by Gasteiger charge is 2.41. The lowest BCUT2D eigenvalue weighted by molar-refractivity contribution is -0.0244. The topological polar surface area (TPSA) is 124 Å². The van der Waals surface area contributed by atoms with Gasteiger partial charge < -0.3 is 24.9 Å². The summed E-state index contributed by atoms with van der Waals surface area (Å²) in [5.41, 5.74) is 1.56. The maximum absolute atomic E-state index is 11.8. The second-order valence-corrected chi connectivity index (χ2v) is 5.59. The number of nitrogens with one attached hydrogen (secondary N) is 1. The van der Waals surface area contributed by atoms with Crippen LogP contribution in [0.1, 0.15) is 12.5 Å². The van der Waals surface area contributed by atoms with Crippen LogP contribution < -0.4 is 5.56 Å². The molecule has 1 fully saturated rings. The van der Waals surface area contributed by atoms with Gasteiger partial charge in [0.15, 0.2) is 0 Å². The van der Waals surface area contributed by atoms with E-state index >= 15 is 0 Å². The zero-order chi connectivity index (χ0) is 15.4. The quantitative estimate of drug-likeness (QED) is 0.471. The van der Waals surface area contributed by atoms with Crippen molar-refractivity contribution in [2.75, 3.05) is 0 Å². The van der Waals surface area contributed by atoms with Gasteiger partial charge in [-0.1, -0.05) is 0 Å². The molecule has 0 bridgehead atoms. The molecule has 0 unspecified atom stereocenters. The second kappa shape index (κ2) is 4.60. The molecule has 22 heavy (non-hydrogen) atoms. The number of rotatable bonds is 1. The van der Waals surface area contributed by atoms with Crippen LogP contribution in [0, 0.1) is 0 Å². The predicted octanol–water partition coefficient (Wildman–Crippen LogP) is -0.700. The van der Waals surface area contributed by atoms with E-state index in [9.17, 15) is 20.1 Å². The van der Waals surface area contributed by atoms with Gasteiger partial charge in [-0.3, -0.25) is 4.79 Å². The summed E-state index contributed by atoms with van der Waals surface area (Å²) >= 11 is 0. The van der Waals surface area contributed by atoms with Crippen molar-refractivity contribution in [2.24, 2.45) is 0 Å². The Morgan fingerprint density at radius 3 is 2.68 bits per heavy atom. The molecule has 0 saturated heterocycles. The Hall–Kier alpha value is -2.29. The summed E-state index contributed by atoms with van der Waals surface area (Å²) in [4.78, 5) is 22.7. The minimum absolute atomic E-state index is 0.231. The number of H-pyrrole nitrogens is 1. The molecule has 0 aliphatic heterocycles. The first-order valence-corrected chi connectivity index (χ1v) is 6.94. The summed E-state index contributed by atoms with van der Waals surface area (Å²) in [7, 11) is 0. The first kappa shape index (κ1) is 13.4. The lowest BCUT2D eigenvalue weighted by atomic mass is 10.1. The molecule has 1 saturated carbocycles. The standard InChI is InChI=1S/C14H14N4O4/c19-11-3-10(12(20)13(11)21)18-5-17-8-1-6-7(2-9(8)18)15-4-16-14(6)22/h1-2,4-5,10-13,19-21H,3H2,(H,15,16,22)/t10-,11+,12+,13-/m1/s1. The summed E-state index contributed by atoms with van der Waals surface area (Å²) in [6, 6.07) is 2.88. The summed E-state index contributed by atoms with van der Waals surface area (Å²) in [6.07, 6.45) is -0.127. The Bertz CT molecular complexity index is 918. The van der Waals surface area contributed by atoms with E-state index in [1.54, 1.807) is 16.7 Å². The third-order valence-electron chi connectivity index (χ3n) is 4.31. The second-order valence-electron chi connectivity index (χ2n) is 5.59. The Kier molecular flexibility index (Phi) is 2.80. The van der Waals surface area contributed by atoms with Gasteiger partial charge in [0.05, 0.1) is 46.7 Å². The molecule has 8 heteroatoms. The number of hydrogen-bond acceptors (Lipinski definition) is 6. The van der Waals surface area contributed by atoms with E-state index in [0.717, 1.165) is 0 Å². The Balaban J connectivity index is 1.91. The van der Waals surface area contributed by atoms with Crippen LogP contribution in [0.3, 0.4) is 0 Å². The van der Waals surface area contributed by atoms with Crippen molar-refractivity contribution in [1.82, 2.24) is 19.5 Å². The molecule has 114 valence electrons. The molecule has 1 aliphatic rings. The molecule has 4 rings (SSSR count). The number of aliphatic hydroxyl groups excluding tert-OH is 3. The van der Waals surface area contributed by atoms with Gasteiger partial charge in [0, 0.05) is 0 Å². The van der Waals surface area contributed by atoms with E-state index in [4.69, 9.17) is 0 Å². The van der Waals surface area contributed by atoms with Crippen molar-refractivity contribution in [1.29, 1.82) is 0 Å². The average molecular weight is 302 g/mol. The molecule has 4 N–H and O–H groups in total. The molecule has 2 aromatic heterocycles. The van der Waals surface area contributed by atoms with Gasteiger partial charge in [0.25, 0.3) is 5.56 Å². The van der Waals surface area contributed by atoms with Crippen LogP contribution in [0.2, 0.25) is 0 Å². The maximum atomic E-state index is 11.8. The number of aromatic nitrogens is 4. The number of hydrogen-bond donors (Lipinski definition) is 4. The zero-order valence-corrected chi connectivity index (χ0v) is 11.4. The lowest BCUT2D eigenvalue weighted by Gasteiger charge is -2.18. The Morgan fingerprint density at radius 1 is 1.14 bits per heavy atom. The number of fused-ring (bicyclic) bond motifs is 2. The largest absolute Gasteiger partial charge is 0.390 e. The SMILES string of the molecule is O=c1[nH]cnc2cc3c(cc12)ncn3[C@@H]1C[C@H](O)[C@@H](O)[C@H]1O. The normalized spacial score (nSPS) is 28.7. The molecule has 8 nitrogen and oxygen atoms in total. The lowest BCUT2D eigenvalue weighted by Crippen LogP contribution is -2.31. The van der Waals surface area contributed by atoms with Gasteiger partial charge in [0.1, 0.15) is 12.2 Å². The van der Waals surface area contributed by atoms with Crippen LogP contribution in [0.25, 0.3) is 21.9 Å². The van der Waals surface area contributed by atoms with Crippen molar-refractivity contribution in [3.63, 3.8) is 0 Å². The molecule has 3 aromatic rings. The van der Waals surface area contributed by atoms with Crippen molar-refractivity contribution in [3.8, 4) is 0 Å². The third kappa shape index (κ3) is 1.78. The van der Waals surface area contributed by atoms with Crippen molar-refractivity contribution < 1.29 is 15.3 Å². The Labute approximate surface area is 123 Å². The number of nitrogens with zero attached hydrogens (tertiary/aromatic N) is 3. The van der Waals surface area contributed by atoms with Crippen LogP contribution in [0.5, 0.6) is 0 Å². The summed E-state index contributed by atoms with van der Waals surface area (Å²) < 4.78 is 1.71. The average Bonchev–Trinajstić information content (AvgIpc) is 3.02. The number of aromatic amines is 1. The van der Waals surface area contributed by atoms with Crippen LogP contribution in [-0.4, -0.2) is 53.2 Å². The van der Waals surface area contributed by atoms with E-state index in [0.29, 0.717) is 21.9 Å². The first-order chi connectivity index (χ1) is 10.6. The zero-order valence-electron chi connectivity index (χ0n) is 11.4. The predicted molar refractivity (Wildman–Crippen MR) is 77.3 cm³/mol. The van der Waals surface area contributed by atoms with E-state index < -0.39 is 24.4 Å². The minimum Gasteiger partial charge on any atom is -0.390 e.